The van der Waals surface area contributed by atoms with Gasteiger partial charge in [0, 0.05) is 24.9 Å². The monoisotopic (exact) mass is 791 g/mol. The van der Waals surface area contributed by atoms with Gasteiger partial charge in [0.2, 0.25) is 11.7 Å². The van der Waals surface area contributed by atoms with Crippen molar-refractivity contribution in [3.05, 3.63) is 71.3 Å². The first-order valence-corrected chi connectivity index (χ1v) is 19.4. The molecule has 1 heterocycles. The van der Waals surface area contributed by atoms with Crippen LogP contribution in [0.1, 0.15) is 87.5 Å². The van der Waals surface area contributed by atoms with E-state index in [1.165, 1.54) is 28.3 Å². The molecule has 13 heteroatoms. The first kappa shape index (κ1) is 44.4. The van der Waals surface area contributed by atoms with Gasteiger partial charge in [-0.25, -0.2) is 4.79 Å². The Hall–Kier alpha value is -5.30. The number of hydrogen-bond donors (Lipinski definition) is 0. The Morgan fingerprint density at radius 3 is 2.11 bits per heavy atom. The zero-order chi connectivity index (χ0) is 41.3. The number of ether oxygens (including phenoxy) is 8. The van der Waals surface area contributed by atoms with E-state index in [1.54, 1.807) is 43.4 Å². The minimum absolute atomic E-state index is 0.0197. The fourth-order valence-corrected chi connectivity index (χ4v) is 6.94. The second-order valence-electron chi connectivity index (χ2n) is 13.8. The van der Waals surface area contributed by atoms with E-state index in [9.17, 15) is 19.2 Å². The maximum Gasteiger partial charge on any atom is 0.329 e. The number of benzene rings is 3. The number of methoxy groups -OCH3 is 5. The van der Waals surface area contributed by atoms with Crippen LogP contribution in [0.4, 0.5) is 0 Å². The van der Waals surface area contributed by atoms with Gasteiger partial charge in [-0.15, -0.1) is 0 Å². The van der Waals surface area contributed by atoms with Crippen LogP contribution < -0.4 is 28.4 Å². The van der Waals surface area contributed by atoms with Gasteiger partial charge in [-0.05, 0) is 86.9 Å². The molecular formula is C44H57NO12. The Morgan fingerprint density at radius 2 is 1.46 bits per heavy atom. The average Bonchev–Trinajstić information content (AvgIpc) is 3.23. The molecule has 1 fully saturated rings. The molecule has 0 aliphatic carbocycles. The smallest absolute Gasteiger partial charge is 0.329 e. The van der Waals surface area contributed by atoms with Gasteiger partial charge in [0.1, 0.15) is 30.3 Å². The molecule has 0 saturated carbocycles. The molecule has 3 aromatic carbocycles. The number of esters is 1. The first-order chi connectivity index (χ1) is 27.6. The van der Waals surface area contributed by atoms with Crippen molar-refractivity contribution in [1.82, 2.24) is 4.90 Å². The van der Waals surface area contributed by atoms with E-state index >= 15 is 0 Å². The lowest BCUT2D eigenvalue weighted by Gasteiger charge is -2.37. The van der Waals surface area contributed by atoms with Crippen LogP contribution in [0, 0.1) is 0 Å². The molecule has 0 N–H and O–H groups in total. The van der Waals surface area contributed by atoms with Crippen molar-refractivity contribution in [2.24, 2.45) is 0 Å². The third-order valence-corrected chi connectivity index (χ3v) is 10.0. The van der Waals surface area contributed by atoms with Gasteiger partial charge >= 0.3 is 5.97 Å². The summed E-state index contributed by atoms with van der Waals surface area (Å²) in [4.78, 5) is 54.4. The lowest BCUT2D eigenvalue weighted by atomic mass is 9.91. The van der Waals surface area contributed by atoms with Crippen molar-refractivity contribution in [3.63, 3.8) is 0 Å². The van der Waals surface area contributed by atoms with Gasteiger partial charge < -0.3 is 42.8 Å². The number of ketones is 2. The largest absolute Gasteiger partial charge is 0.493 e. The highest BCUT2D eigenvalue weighted by Gasteiger charge is 2.38. The van der Waals surface area contributed by atoms with E-state index in [-0.39, 0.29) is 43.7 Å². The second-order valence-corrected chi connectivity index (χ2v) is 13.8. The Labute approximate surface area is 335 Å². The van der Waals surface area contributed by atoms with Gasteiger partial charge in [0.15, 0.2) is 28.8 Å². The Morgan fingerprint density at radius 1 is 0.772 bits per heavy atom. The third-order valence-electron chi connectivity index (χ3n) is 10.0. The Balaban J connectivity index is 1.59. The molecule has 0 aromatic heterocycles. The molecule has 4 rings (SSSR count). The molecule has 3 atom stereocenters. The molecule has 3 aromatic rings. The number of hydrogen-bond acceptors (Lipinski definition) is 12. The molecule has 1 aliphatic rings. The summed E-state index contributed by atoms with van der Waals surface area (Å²) in [5, 5.41) is 0. The maximum absolute atomic E-state index is 14.4. The van der Waals surface area contributed by atoms with Crippen LogP contribution in [0.3, 0.4) is 0 Å². The normalized spacial score (nSPS) is 14.9. The van der Waals surface area contributed by atoms with Crippen LogP contribution in [0.2, 0.25) is 0 Å². The number of nitrogens with zero attached hydrogens (tertiary/aromatic N) is 1. The van der Waals surface area contributed by atoms with Gasteiger partial charge in [-0.1, -0.05) is 31.2 Å². The van der Waals surface area contributed by atoms with Crippen LogP contribution in [0.15, 0.2) is 54.6 Å². The number of carbonyl (C=O) groups excluding carboxylic acids is 4. The highest BCUT2D eigenvalue weighted by atomic mass is 16.6. The van der Waals surface area contributed by atoms with Crippen molar-refractivity contribution in [2.75, 3.05) is 61.9 Å². The van der Waals surface area contributed by atoms with Crippen molar-refractivity contribution in [2.45, 2.75) is 83.3 Å². The van der Waals surface area contributed by atoms with E-state index in [0.717, 1.165) is 18.4 Å². The Kier molecular flexibility index (Phi) is 17.5. The summed E-state index contributed by atoms with van der Waals surface area (Å²) >= 11 is 0. The maximum atomic E-state index is 14.4. The van der Waals surface area contributed by atoms with Crippen molar-refractivity contribution in [1.29, 1.82) is 0 Å². The van der Waals surface area contributed by atoms with Crippen LogP contribution >= 0.6 is 0 Å². The van der Waals surface area contributed by atoms with Crippen LogP contribution in [0.25, 0.3) is 0 Å². The predicted octanol–water partition coefficient (Wildman–Crippen LogP) is 6.86. The zero-order valence-electron chi connectivity index (χ0n) is 34.3. The molecule has 0 unspecified atom stereocenters. The zero-order valence-corrected chi connectivity index (χ0v) is 34.3. The topological polar surface area (TPSA) is 145 Å². The summed E-state index contributed by atoms with van der Waals surface area (Å²) < 4.78 is 45.5. The number of carbonyl (C=O) groups is 4. The number of amides is 1. The number of likely N-dealkylation sites (tertiary alicyclic amines) is 1. The minimum Gasteiger partial charge on any atom is -0.493 e. The summed E-state index contributed by atoms with van der Waals surface area (Å²) in [6, 6.07) is 15.5. The second kappa shape index (κ2) is 22.4. The van der Waals surface area contributed by atoms with Gasteiger partial charge in [-0.2, -0.15) is 0 Å². The number of para-hydroxylation sites is 1. The number of aryl methyl sites for hydroxylation is 1. The molecule has 1 amide bonds. The van der Waals surface area contributed by atoms with E-state index in [4.69, 9.17) is 37.9 Å². The fraction of sp³-hybridized carbons (Fsp3) is 0.500. The number of Topliss-reactive ketones (excluding diaryl/α,β-unsaturated/α-hetero) is 2. The van der Waals surface area contributed by atoms with Crippen molar-refractivity contribution >= 4 is 23.4 Å². The highest BCUT2D eigenvalue weighted by Crippen LogP contribution is 2.42. The third kappa shape index (κ3) is 12.1. The van der Waals surface area contributed by atoms with Gasteiger partial charge in [0.25, 0.3) is 0 Å². The van der Waals surface area contributed by atoms with E-state index in [0.29, 0.717) is 84.3 Å². The molecule has 1 aliphatic heterocycles. The molecule has 0 bridgehead atoms. The molecule has 1 saturated heterocycles. The van der Waals surface area contributed by atoms with Crippen LogP contribution in [-0.4, -0.2) is 96.3 Å². The summed E-state index contributed by atoms with van der Waals surface area (Å²) in [5.41, 5.74) is 2.21. The summed E-state index contributed by atoms with van der Waals surface area (Å²) in [5.74, 6) is 1.41. The lowest BCUT2D eigenvalue weighted by Crippen LogP contribution is -2.50. The van der Waals surface area contributed by atoms with Crippen LogP contribution in [0.5, 0.6) is 34.5 Å². The molecule has 0 spiro atoms. The van der Waals surface area contributed by atoms with Crippen molar-refractivity contribution in [3.8, 4) is 34.5 Å². The molecular weight excluding hydrogens is 734 g/mol. The molecule has 13 nitrogen and oxygen atoms in total. The van der Waals surface area contributed by atoms with Gasteiger partial charge in [0.05, 0.1) is 54.7 Å². The quantitative estimate of drug-likeness (QED) is 0.0731. The lowest BCUT2D eigenvalue weighted by molar-refractivity contribution is -0.162. The highest BCUT2D eigenvalue weighted by molar-refractivity contribution is 5.89. The minimum atomic E-state index is -0.816. The van der Waals surface area contributed by atoms with Gasteiger partial charge in [-0.3, -0.25) is 14.4 Å². The van der Waals surface area contributed by atoms with E-state index in [1.807, 2.05) is 37.3 Å². The molecule has 57 heavy (non-hydrogen) atoms. The number of rotatable bonds is 23. The summed E-state index contributed by atoms with van der Waals surface area (Å²) in [6.07, 6.45) is 2.90. The standard InChI is InChI=1S/C44H57NO12/c1-8-33(31-26-40(52-5)42(54-7)41(27-31)53-6)43(48)45-22-12-11-14-35(45)44(49)57-37(18-16-30-17-19-38(50-3)39(25-30)51-4)34-13-9-10-15-36(34)56-28-32(47)21-24-55-23-20-29(2)46/h9-10,13,15,17,19,25-27,33,35,37H,8,11-12,14,16,18,20-24,28H2,1-7H3/t33-,35-,37+/m0/s1. The average molecular weight is 792 g/mol. The molecule has 0 radical (unpaired) electrons. The summed E-state index contributed by atoms with van der Waals surface area (Å²) in [7, 11) is 7.72. The fourth-order valence-electron chi connectivity index (χ4n) is 6.94. The Bertz CT molecular complexity index is 1780. The van der Waals surface area contributed by atoms with Crippen molar-refractivity contribution < 1.29 is 57.1 Å². The summed E-state index contributed by atoms with van der Waals surface area (Å²) in [6.45, 7) is 4.04. The van der Waals surface area contributed by atoms with Crippen LogP contribution in [-0.2, 0) is 35.1 Å². The SMILES string of the molecule is CC[C@H](C(=O)N1CCCC[C@H]1C(=O)O[C@H](CCc1ccc(OC)c(OC)c1)c1ccccc1OCC(=O)CCOCCC(C)=O)c1cc(OC)c(OC)c(OC)c1. The van der Waals surface area contributed by atoms with E-state index < -0.39 is 24.0 Å². The van der Waals surface area contributed by atoms with E-state index in [2.05, 4.69) is 0 Å². The predicted molar refractivity (Wildman–Crippen MR) is 213 cm³/mol. The molecule has 310 valence electrons. The first-order valence-electron chi connectivity index (χ1n) is 19.4. The number of piperidine rings is 1.